The van der Waals surface area contributed by atoms with E-state index in [1.165, 1.54) is 0 Å². The molecule has 0 radical (unpaired) electrons. The van der Waals surface area contributed by atoms with Crippen LogP contribution in [0.15, 0.2) is 0 Å². The summed E-state index contributed by atoms with van der Waals surface area (Å²) in [6.07, 6.45) is 0.221. The Hall–Kier alpha value is -1.59. The summed E-state index contributed by atoms with van der Waals surface area (Å²) in [7, 11) is 0. The average molecular weight is 216 g/mol. The molecule has 0 unspecified atom stereocenters. The topological polar surface area (TPSA) is 98.5 Å². The van der Waals surface area contributed by atoms with Crippen molar-refractivity contribution in [3.63, 3.8) is 0 Å². The van der Waals surface area contributed by atoms with Gasteiger partial charge in [0.1, 0.15) is 0 Å². The van der Waals surface area contributed by atoms with Gasteiger partial charge in [-0.15, -0.1) is 0 Å². The van der Waals surface area contributed by atoms with Crippen LogP contribution in [0.3, 0.4) is 0 Å². The lowest BCUT2D eigenvalue weighted by molar-refractivity contribution is -0.144. The third-order valence-corrected chi connectivity index (χ3v) is 1.56. The fraction of sp³-hybridized carbons (Fsp3) is 0.667. The van der Waals surface area contributed by atoms with Crippen molar-refractivity contribution in [2.75, 3.05) is 13.2 Å². The Balaban J connectivity index is 3.49. The van der Waals surface area contributed by atoms with Crippen molar-refractivity contribution in [2.45, 2.75) is 26.2 Å². The van der Waals surface area contributed by atoms with Gasteiger partial charge in [-0.3, -0.25) is 14.4 Å². The third-order valence-electron chi connectivity index (χ3n) is 1.56. The standard InChI is InChI=1S/C9H16N2O4/c1-2-15-9(14)4-3-8(13)11-6-5-7(10)12/h2-6H2,1H3,(H2,10,12)(H,11,13). The van der Waals surface area contributed by atoms with Gasteiger partial charge in [0.15, 0.2) is 0 Å². The van der Waals surface area contributed by atoms with Crippen LogP contribution in [-0.4, -0.2) is 30.9 Å². The van der Waals surface area contributed by atoms with E-state index < -0.39 is 11.9 Å². The maximum Gasteiger partial charge on any atom is 0.306 e. The zero-order chi connectivity index (χ0) is 11.7. The van der Waals surface area contributed by atoms with Crippen LogP contribution in [0.5, 0.6) is 0 Å². The molecule has 0 aliphatic carbocycles. The highest BCUT2D eigenvalue weighted by molar-refractivity contribution is 5.81. The molecule has 0 bridgehead atoms. The molecule has 0 saturated heterocycles. The second-order valence-electron chi connectivity index (χ2n) is 2.87. The molecule has 0 aromatic heterocycles. The smallest absolute Gasteiger partial charge is 0.306 e. The fourth-order valence-electron chi connectivity index (χ4n) is 0.862. The Morgan fingerprint density at radius 1 is 1.20 bits per heavy atom. The largest absolute Gasteiger partial charge is 0.466 e. The van der Waals surface area contributed by atoms with E-state index in [1.54, 1.807) is 6.92 Å². The number of hydrogen-bond acceptors (Lipinski definition) is 4. The van der Waals surface area contributed by atoms with E-state index in [9.17, 15) is 14.4 Å². The molecule has 2 amide bonds. The minimum atomic E-state index is -0.472. The van der Waals surface area contributed by atoms with E-state index in [4.69, 9.17) is 5.73 Å². The second kappa shape index (κ2) is 7.78. The van der Waals surface area contributed by atoms with E-state index in [-0.39, 0.29) is 31.7 Å². The Kier molecular flexibility index (Phi) is 6.96. The second-order valence-corrected chi connectivity index (χ2v) is 2.87. The highest BCUT2D eigenvalue weighted by atomic mass is 16.5. The van der Waals surface area contributed by atoms with Crippen molar-refractivity contribution >= 4 is 17.8 Å². The van der Waals surface area contributed by atoms with Gasteiger partial charge in [0, 0.05) is 19.4 Å². The molecule has 0 aromatic carbocycles. The van der Waals surface area contributed by atoms with Crippen LogP contribution in [0.2, 0.25) is 0 Å². The first-order valence-corrected chi connectivity index (χ1v) is 4.77. The lowest BCUT2D eigenvalue weighted by atomic mass is 10.3. The lowest BCUT2D eigenvalue weighted by Gasteiger charge is -2.03. The van der Waals surface area contributed by atoms with E-state index in [0.29, 0.717) is 6.61 Å². The van der Waals surface area contributed by atoms with Gasteiger partial charge in [-0.1, -0.05) is 0 Å². The lowest BCUT2D eigenvalue weighted by Crippen LogP contribution is -2.28. The Labute approximate surface area is 88.1 Å². The number of carbonyl (C=O) groups is 3. The SMILES string of the molecule is CCOC(=O)CCC(=O)NCCC(N)=O. The van der Waals surface area contributed by atoms with Crippen molar-refractivity contribution in [2.24, 2.45) is 5.73 Å². The zero-order valence-corrected chi connectivity index (χ0v) is 8.75. The molecule has 15 heavy (non-hydrogen) atoms. The number of nitrogens with one attached hydrogen (secondary N) is 1. The molecule has 86 valence electrons. The van der Waals surface area contributed by atoms with Crippen molar-refractivity contribution in [1.82, 2.24) is 5.32 Å². The highest BCUT2D eigenvalue weighted by Gasteiger charge is 2.06. The molecule has 6 heteroatoms. The first-order valence-electron chi connectivity index (χ1n) is 4.77. The molecule has 6 nitrogen and oxygen atoms in total. The molecule has 0 spiro atoms. The summed E-state index contributed by atoms with van der Waals surface area (Å²) in [4.78, 5) is 32.2. The molecule has 3 N–H and O–H groups in total. The van der Waals surface area contributed by atoms with Crippen LogP contribution in [0.4, 0.5) is 0 Å². The molecule has 0 aromatic rings. The number of rotatable bonds is 7. The van der Waals surface area contributed by atoms with Gasteiger partial charge >= 0.3 is 5.97 Å². The number of primary amides is 1. The highest BCUT2D eigenvalue weighted by Crippen LogP contribution is 1.92. The summed E-state index contributed by atoms with van der Waals surface area (Å²) in [6.45, 7) is 2.21. The van der Waals surface area contributed by atoms with Gasteiger partial charge in [-0.25, -0.2) is 0 Å². The number of carbonyl (C=O) groups excluding carboxylic acids is 3. The van der Waals surface area contributed by atoms with E-state index in [0.717, 1.165) is 0 Å². The number of amides is 2. The molecule has 0 atom stereocenters. The van der Waals surface area contributed by atoms with Gasteiger partial charge in [-0.05, 0) is 6.92 Å². The average Bonchev–Trinajstić information content (AvgIpc) is 2.14. The number of ether oxygens (including phenoxy) is 1. The van der Waals surface area contributed by atoms with Crippen LogP contribution in [0.1, 0.15) is 26.2 Å². The summed E-state index contributed by atoms with van der Waals surface area (Å²) >= 11 is 0. The molecule has 0 aliphatic heterocycles. The molecule has 0 fully saturated rings. The van der Waals surface area contributed by atoms with E-state index >= 15 is 0 Å². The summed E-state index contributed by atoms with van der Waals surface area (Å²) in [5.74, 6) is -1.16. The molecule has 0 saturated carbocycles. The van der Waals surface area contributed by atoms with Gasteiger partial charge in [0.25, 0.3) is 0 Å². The molecule has 0 aliphatic rings. The molecular weight excluding hydrogens is 200 g/mol. The Morgan fingerprint density at radius 3 is 2.40 bits per heavy atom. The first kappa shape index (κ1) is 13.4. The Morgan fingerprint density at radius 2 is 1.87 bits per heavy atom. The maximum atomic E-state index is 11.1. The van der Waals surface area contributed by atoms with Crippen LogP contribution in [0.25, 0.3) is 0 Å². The normalized spacial score (nSPS) is 9.40. The zero-order valence-electron chi connectivity index (χ0n) is 8.75. The van der Waals surface area contributed by atoms with Crippen LogP contribution >= 0.6 is 0 Å². The van der Waals surface area contributed by atoms with Crippen LogP contribution in [0, 0.1) is 0 Å². The minimum absolute atomic E-state index is 0.0518. The number of esters is 1. The van der Waals surface area contributed by atoms with Gasteiger partial charge in [0.2, 0.25) is 11.8 Å². The molecule has 0 rings (SSSR count). The van der Waals surface area contributed by atoms with Crippen LogP contribution in [-0.2, 0) is 19.1 Å². The summed E-state index contributed by atoms with van der Waals surface area (Å²) in [5.41, 5.74) is 4.88. The van der Waals surface area contributed by atoms with Crippen molar-refractivity contribution in [3.8, 4) is 0 Å². The predicted octanol–water partition coefficient (Wildman–Crippen LogP) is -0.679. The molecular formula is C9H16N2O4. The van der Waals surface area contributed by atoms with Crippen molar-refractivity contribution < 1.29 is 19.1 Å². The third kappa shape index (κ3) is 8.73. The summed E-state index contributed by atoms with van der Waals surface area (Å²) < 4.78 is 4.64. The van der Waals surface area contributed by atoms with Crippen molar-refractivity contribution in [3.05, 3.63) is 0 Å². The quantitative estimate of drug-likeness (QED) is 0.551. The van der Waals surface area contributed by atoms with Crippen LogP contribution < -0.4 is 11.1 Å². The van der Waals surface area contributed by atoms with Gasteiger partial charge < -0.3 is 15.8 Å². The summed E-state index contributed by atoms with van der Waals surface area (Å²) in [5, 5.41) is 2.46. The molecule has 0 heterocycles. The van der Waals surface area contributed by atoms with E-state index in [2.05, 4.69) is 10.1 Å². The van der Waals surface area contributed by atoms with Gasteiger partial charge in [0.05, 0.1) is 13.0 Å². The summed E-state index contributed by atoms with van der Waals surface area (Å²) in [6, 6.07) is 0. The monoisotopic (exact) mass is 216 g/mol. The minimum Gasteiger partial charge on any atom is -0.466 e. The predicted molar refractivity (Wildman–Crippen MR) is 52.7 cm³/mol. The first-order chi connectivity index (χ1) is 7.06. The fourth-order valence-corrected chi connectivity index (χ4v) is 0.862. The van der Waals surface area contributed by atoms with Gasteiger partial charge in [-0.2, -0.15) is 0 Å². The van der Waals surface area contributed by atoms with E-state index in [1.807, 2.05) is 0 Å². The van der Waals surface area contributed by atoms with Crippen molar-refractivity contribution in [1.29, 1.82) is 0 Å². The maximum absolute atomic E-state index is 11.1. The number of hydrogen-bond donors (Lipinski definition) is 2. The number of nitrogens with two attached hydrogens (primary N) is 1. The Bertz CT molecular complexity index is 240.